The van der Waals surface area contributed by atoms with Gasteiger partial charge in [0, 0.05) is 35.7 Å². The third kappa shape index (κ3) is 3.79. The largest absolute Gasteiger partial charge is 0.493 e. The number of rotatable bonds is 6. The maximum absolute atomic E-state index is 6.23. The van der Waals surface area contributed by atoms with Crippen LogP contribution in [0, 0.1) is 0 Å². The molecule has 2 aliphatic rings. The van der Waals surface area contributed by atoms with Crippen molar-refractivity contribution in [3.05, 3.63) is 70.3 Å². The van der Waals surface area contributed by atoms with Crippen LogP contribution in [-0.2, 0) is 0 Å². The van der Waals surface area contributed by atoms with Gasteiger partial charge in [-0.2, -0.15) is 0 Å². The molecule has 2 bridgehead atoms. The first-order valence-corrected chi connectivity index (χ1v) is 11.1. The van der Waals surface area contributed by atoms with E-state index >= 15 is 0 Å². The molecule has 1 N–H and O–H groups in total. The molecule has 3 heterocycles. The van der Waals surface area contributed by atoms with E-state index in [1.165, 1.54) is 24.0 Å². The highest BCUT2D eigenvalue weighted by Crippen LogP contribution is 2.39. The molecule has 0 spiro atoms. The molecule has 5 heteroatoms. The number of halogens is 2. The maximum Gasteiger partial charge on any atom is 0.128 e. The number of aromatic nitrogens is 1. The summed E-state index contributed by atoms with van der Waals surface area (Å²) in [5.74, 6) is 0.965. The number of H-pyrrole nitrogens is 1. The lowest BCUT2D eigenvalue weighted by Crippen LogP contribution is -2.39. The lowest BCUT2D eigenvalue weighted by molar-refractivity contribution is 0.191. The monoisotopic (exact) mass is 426 g/mol. The van der Waals surface area contributed by atoms with Crippen molar-refractivity contribution in [2.24, 2.45) is 0 Å². The molecule has 150 valence electrons. The smallest absolute Gasteiger partial charge is 0.128 e. The zero-order valence-corrected chi connectivity index (χ0v) is 17.7. The predicted molar refractivity (Wildman–Crippen MR) is 121 cm³/mol. The minimum atomic E-state index is 0.520. The Kier molecular flexibility index (Phi) is 5.29. The molecule has 0 radical (unpaired) electrons. The van der Waals surface area contributed by atoms with E-state index in [1.807, 2.05) is 30.5 Å². The standard InChI is InChI=1S/C24H24Cl2N2O/c25-21-8-5-16(15-22(21)26)17-13-18-6-7-19(14-17)28(18)11-2-12-29-24-4-1-3-23-20(24)9-10-27-23/h1,3-5,8-10,13,15,18-19,27H,2,6-7,11-12,14H2. The highest BCUT2D eigenvalue weighted by atomic mass is 35.5. The quantitative estimate of drug-likeness (QED) is 0.451. The van der Waals surface area contributed by atoms with Gasteiger partial charge >= 0.3 is 0 Å². The van der Waals surface area contributed by atoms with E-state index in [0.29, 0.717) is 22.1 Å². The number of ether oxygens (including phenoxy) is 1. The summed E-state index contributed by atoms with van der Waals surface area (Å²) < 4.78 is 6.09. The molecule has 5 rings (SSSR count). The summed E-state index contributed by atoms with van der Waals surface area (Å²) in [7, 11) is 0. The van der Waals surface area contributed by atoms with Crippen LogP contribution in [0.2, 0.25) is 10.0 Å². The molecule has 2 unspecified atom stereocenters. The SMILES string of the molecule is Clc1ccc(C2=CC3CCC(C2)N3CCCOc2cccc3[nH]ccc23)cc1Cl. The van der Waals surface area contributed by atoms with Crippen molar-refractivity contribution in [3.8, 4) is 5.75 Å². The van der Waals surface area contributed by atoms with Crippen LogP contribution in [0.5, 0.6) is 5.75 Å². The molecular weight excluding hydrogens is 403 g/mol. The van der Waals surface area contributed by atoms with Crippen molar-refractivity contribution in [2.45, 2.75) is 37.8 Å². The molecule has 1 aromatic heterocycles. The number of nitrogens with one attached hydrogen (secondary N) is 1. The highest BCUT2D eigenvalue weighted by Gasteiger charge is 2.36. The molecule has 2 atom stereocenters. The fourth-order valence-corrected chi connectivity index (χ4v) is 5.09. The molecule has 29 heavy (non-hydrogen) atoms. The Morgan fingerprint density at radius 2 is 2.00 bits per heavy atom. The second-order valence-corrected chi connectivity index (χ2v) is 8.77. The summed E-state index contributed by atoms with van der Waals surface area (Å²) in [6, 6.07) is 15.4. The number of hydrogen-bond acceptors (Lipinski definition) is 2. The van der Waals surface area contributed by atoms with E-state index in [1.54, 1.807) is 0 Å². The molecule has 0 saturated carbocycles. The van der Waals surface area contributed by atoms with Gasteiger partial charge in [-0.05, 0) is 67.2 Å². The lowest BCUT2D eigenvalue weighted by Gasteiger charge is -2.34. The Hall–Kier alpha value is -1.94. The fourth-order valence-electron chi connectivity index (χ4n) is 4.79. The molecule has 1 fully saturated rings. The number of benzene rings is 2. The Morgan fingerprint density at radius 1 is 1.07 bits per heavy atom. The summed E-state index contributed by atoms with van der Waals surface area (Å²) in [5.41, 5.74) is 3.73. The average molecular weight is 427 g/mol. The van der Waals surface area contributed by atoms with Crippen LogP contribution in [0.3, 0.4) is 0 Å². The number of nitrogens with zero attached hydrogens (tertiary/aromatic N) is 1. The van der Waals surface area contributed by atoms with Crippen molar-refractivity contribution < 1.29 is 4.74 Å². The summed E-state index contributed by atoms with van der Waals surface area (Å²) in [4.78, 5) is 5.89. The first-order valence-electron chi connectivity index (χ1n) is 10.3. The van der Waals surface area contributed by atoms with E-state index in [-0.39, 0.29) is 0 Å². The van der Waals surface area contributed by atoms with Gasteiger partial charge in [-0.15, -0.1) is 0 Å². The van der Waals surface area contributed by atoms with Gasteiger partial charge in [-0.3, -0.25) is 4.90 Å². The first kappa shape index (κ1) is 19.0. The predicted octanol–water partition coefficient (Wildman–Crippen LogP) is 6.56. The van der Waals surface area contributed by atoms with Crippen molar-refractivity contribution >= 4 is 39.7 Å². The van der Waals surface area contributed by atoms with Crippen LogP contribution in [0.4, 0.5) is 0 Å². The van der Waals surface area contributed by atoms with Gasteiger partial charge in [0.05, 0.1) is 16.7 Å². The summed E-state index contributed by atoms with van der Waals surface area (Å²) in [6.07, 6.45) is 9.00. The number of fused-ring (bicyclic) bond motifs is 3. The summed E-state index contributed by atoms with van der Waals surface area (Å²) in [5, 5.41) is 2.40. The van der Waals surface area contributed by atoms with Gasteiger partial charge in [0.1, 0.15) is 5.75 Å². The van der Waals surface area contributed by atoms with Crippen molar-refractivity contribution in [2.75, 3.05) is 13.2 Å². The van der Waals surface area contributed by atoms with Crippen molar-refractivity contribution in [3.63, 3.8) is 0 Å². The second kappa shape index (κ2) is 8.06. The minimum absolute atomic E-state index is 0.520. The Balaban J connectivity index is 1.20. The van der Waals surface area contributed by atoms with Crippen LogP contribution >= 0.6 is 23.2 Å². The molecule has 0 aliphatic carbocycles. The number of aromatic amines is 1. The topological polar surface area (TPSA) is 28.3 Å². The Bertz CT molecular complexity index is 1060. The van der Waals surface area contributed by atoms with Crippen LogP contribution in [0.15, 0.2) is 54.7 Å². The van der Waals surface area contributed by atoms with Crippen LogP contribution in [0.25, 0.3) is 16.5 Å². The van der Waals surface area contributed by atoms with E-state index in [4.69, 9.17) is 27.9 Å². The van der Waals surface area contributed by atoms with Gasteiger partial charge in [-0.25, -0.2) is 0 Å². The fraction of sp³-hybridized carbons (Fsp3) is 0.333. The van der Waals surface area contributed by atoms with Gasteiger partial charge in [0.2, 0.25) is 0 Å². The van der Waals surface area contributed by atoms with E-state index < -0.39 is 0 Å². The molecule has 2 aromatic carbocycles. The zero-order chi connectivity index (χ0) is 19.8. The van der Waals surface area contributed by atoms with Crippen molar-refractivity contribution in [1.29, 1.82) is 0 Å². The third-order valence-corrected chi connectivity index (χ3v) is 6.94. The summed E-state index contributed by atoms with van der Waals surface area (Å²) in [6.45, 7) is 1.81. The molecular formula is C24H24Cl2N2O. The minimum Gasteiger partial charge on any atom is -0.493 e. The van der Waals surface area contributed by atoms with Crippen LogP contribution < -0.4 is 4.74 Å². The molecule has 0 amide bonds. The Morgan fingerprint density at radius 3 is 2.86 bits per heavy atom. The normalized spacial score (nSPS) is 21.5. The van der Waals surface area contributed by atoms with Gasteiger partial charge < -0.3 is 9.72 Å². The van der Waals surface area contributed by atoms with Crippen LogP contribution in [0.1, 0.15) is 31.2 Å². The van der Waals surface area contributed by atoms with E-state index in [0.717, 1.165) is 42.6 Å². The molecule has 3 aromatic rings. The van der Waals surface area contributed by atoms with Crippen molar-refractivity contribution in [1.82, 2.24) is 9.88 Å². The van der Waals surface area contributed by atoms with E-state index in [9.17, 15) is 0 Å². The highest BCUT2D eigenvalue weighted by molar-refractivity contribution is 6.42. The first-order chi connectivity index (χ1) is 14.2. The molecule has 3 nitrogen and oxygen atoms in total. The Labute approximate surface area is 181 Å². The molecule has 1 saturated heterocycles. The lowest BCUT2D eigenvalue weighted by atomic mass is 9.94. The maximum atomic E-state index is 6.23. The summed E-state index contributed by atoms with van der Waals surface area (Å²) >= 11 is 12.3. The third-order valence-electron chi connectivity index (χ3n) is 6.20. The van der Waals surface area contributed by atoms with E-state index in [2.05, 4.69) is 34.2 Å². The van der Waals surface area contributed by atoms with Gasteiger partial charge in [0.25, 0.3) is 0 Å². The zero-order valence-electron chi connectivity index (χ0n) is 16.2. The number of hydrogen-bond donors (Lipinski definition) is 1. The molecule has 2 aliphatic heterocycles. The van der Waals surface area contributed by atoms with Crippen LogP contribution in [-0.4, -0.2) is 35.1 Å². The second-order valence-electron chi connectivity index (χ2n) is 7.96. The van der Waals surface area contributed by atoms with Gasteiger partial charge in [-0.1, -0.05) is 41.4 Å². The average Bonchev–Trinajstić information content (AvgIpc) is 3.29. The van der Waals surface area contributed by atoms with Gasteiger partial charge in [0.15, 0.2) is 0 Å².